The first-order valence-corrected chi connectivity index (χ1v) is 10.2. The van der Waals surface area contributed by atoms with Gasteiger partial charge < -0.3 is 14.2 Å². The van der Waals surface area contributed by atoms with Crippen LogP contribution in [0.2, 0.25) is 0 Å². The van der Waals surface area contributed by atoms with E-state index in [-0.39, 0.29) is 11.0 Å². The number of methoxy groups -OCH3 is 1. The number of carbonyl (C=O) groups is 3. The molecule has 0 spiro atoms. The van der Waals surface area contributed by atoms with Crippen LogP contribution in [0.25, 0.3) is 6.08 Å². The number of thioether (sulfide) groups is 1. The number of benzene rings is 1. The molecule has 0 aliphatic carbocycles. The normalized spacial score (nSPS) is 15.3. The Hall–Kier alpha value is -2.01. The molecule has 0 aromatic heterocycles. The zero-order valence-corrected chi connectivity index (χ0v) is 18.7. The highest BCUT2D eigenvalue weighted by Crippen LogP contribution is 2.37. The lowest BCUT2D eigenvalue weighted by atomic mass is 10.2. The van der Waals surface area contributed by atoms with E-state index >= 15 is 0 Å². The highest BCUT2D eigenvalue weighted by Gasteiger charge is 2.36. The summed E-state index contributed by atoms with van der Waals surface area (Å²) in [4.78, 5) is 37.5. The van der Waals surface area contributed by atoms with Gasteiger partial charge in [-0.25, -0.2) is 0 Å². The Balaban J connectivity index is 2.24. The van der Waals surface area contributed by atoms with Crippen LogP contribution in [0.3, 0.4) is 0 Å². The van der Waals surface area contributed by atoms with Crippen molar-refractivity contribution in [1.82, 2.24) is 4.90 Å². The highest BCUT2D eigenvalue weighted by atomic mass is 127. The maximum absolute atomic E-state index is 12.5. The molecule has 2 amide bonds. The van der Waals surface area contributed by atoms with E-state index < -0.39 is 23.7 Å². The maximum atomic E-state index is 12.5. The van der Waals surface area contributed by atoms with Crippen LogP contribution in [0, 0.1) is 3.57 Å². The van der Waals surface area contributed by atoms with Crippen LogP contribution in [0.5, 0.6) is 11.5 Å². The molecule has 0 saturated carbocycles. The minimum atomic E-state index is -0.626. The number of esters is 1. The lowest BCUT2D eigenvalue weighted by Crippen LogP contribution is -2.35. The summed E-state index contributed by atoms with van der Waals surface area (Å²) in [5, 5.41) is -0.510. The van der Waals surface area contributed by atoms with Crippen LogP contribution in [-0.4, -0.2) is 48.4 Å². The largest absolute Gasteiger partial charge is 0.493 e. The predicted octanol–water partition coefficient (Wildman–Crippen LogP) is 3.85. The Morgan fingerprint density at radius 1 is 1.36 bits per heavy atom. The molecule has 9 heteroatoms. The molecule has 28 heavy (non-hydrogen) atoms. The molecule has 1 aliphatic heterocycles. The molecule has 1 heterocycles. The smallest absolute Gasteiger partial charge is 0.326 e. The van der Waals surface area contributed by atoms with Gasteiger partial charge >= 0.3 is 5.97 Å². The number of carbonyl (C=O) groups excluding carboxylic acids is 3. The summed E-state index contributed by atoms with van der Waals surface area (Å²) in [6.45, 7) is 6.94. The number of imide groups is 1. The van der Waals surface area contributed by atoms with Gasteiger partial charge in [-0.3, -0.25) is 19.3 Å². The number of ether oxygens (including phenoxy) is 3. The molecule has 7 nitrogen and oxygen atoms in total. The molecule has 2 rings (SSSR count). The Kier molecular flexibility index (Phi) is 7.93. The van der Waals surface area contributed by atoms with Crippen molar-refractivity contribution < 1.29 is 28.6 Å². The molecule has 0 bridgehead atoms. The molecule has 1 aromatic rings. The number of hydrogen-bond donors (Lipinski definition) is 0. The van der Waals surface area contributed by atoms with Gasteiger partial charge in [-0.05, 0) is 72.0 Å². The van der Waals surface area contributed by atoms with Crippen LogP contribution in [0.15, 0.2) is 29.7 Å². The number of hydrogen-bond acceptors (Lipinski definition) is 7. The first-order chi connectivity index (χ1) is 13.3. The summed E-state index contributed by atoms with van der Waals surface area (Å²) in [5.41, 5.74) is 0.669. The molecule has 150 valence electrons. The van der Waals surface area contributed by atoms with Gasteiger partial charge in [-0.15, -0.1) is 0 Å². The Morgan fingerprint density at radius 3 is 2.68 bits per heavy atom. The maximum Gasteiger partial charge on any atom is 0.326 e. The summed E-state index contributed by atoms with van der Waals surface area (Å²) >= 11 is 2.88. The molecular weight excluding hydrogens is 497 g/mol. The van der Waals surface area contributed by atoms with E-state index in [1.807, 2.05) is 6.07 Å². The summed E-state index contributed by atoms with van der Waals surface area (Å²) < 4.78 is 16.8. The minimum Gasteiger partial charge on any atom is -0.493 e. The van der Waals surface area contributed by atoms with Crippen LogP contribution < -0.4 is 9.47 Å². The number of nitrogens with zero attached hydrogens (tertiary/aromatic N) is 1. The van der Waals surface area contributed by atoms with Crippen molar-refractivity contribution in [2.45, 2.75) is 20.0 Å². The SMILES string of the molecule is C=CCOc1c(I)cc(/C=C2\SC(=O)N(CC(=O)OC(C)C)C2=O)cc1OC. The monoisotopic (exact) mass is 517 g/mol. The minimum absolute atomic E-state index is 0.222. The van der Waals surface area contributed by atoms with E-state index in [0.29, 0.717) is 23.7 Å². The Labute approximate surface area is 181 Å². The summed E-state index contributed by atoms with van der Waals surface area (Å²) in [6.07, 6.45) is 2.89. The van der Waals surface area contributed by atoms with Gasteiger partial charge in [-0.1, -0.05) is 12.7 Å². The number of halogens is 1. The molecule has 0 N–H and O–H groups in total. The molecule has 1 aromatic carbocycles. The quantitative estimate of drug-likeness (QED) is 0.224. The molecule has 0 atom stereocenters. The lowest BCUT2D eigenvalue weighted by Gasteiger charge is -2.13. The Bertz CT molecular complexity index is 836. The molecule has 1 aliphatic rings. The van der Waals surface area contributed by atoms with Crippen LogP contribution in [-0.2, 0) is 14.3 Å². The van der Waals surface area contributed by atoms with E-state index in [4.69, 9.17) is 14.2 Å². The standard InChI is InChI=1S/C19H20INO6S/c1-5-6-26-17-13(20)7-12(8-14(17)25-4)9-15-18(23)21(19(24)28-15)10-16(22)27-11(2)3/h5,7-9,11H,1,6,10H2,2-4H3/b15-9-. The third-order valence-corrected chi connectivity index (χ3v) is 5.13. The summed E-state index contributed by atoms with van der Waals surface area (Å²) in [6, 6.07) is 3.52. The molecule has 0 unspecified atom stereocenters. The molecule has 0 radical (unpaired) electrons. The van der Waals surface area contributed by atoms with Crippen molar-refractivity contribution in [3.05, 3.63) is 38.8 Å². The van der Waals surface area contributed by atoms with Crippen molar-refractivity contribution in [3.8, 4) is 11.5 Å². The van der Waals surface area contributed by atoms with Crippen molar-refractivity contribution in [1.29, 1.82) is 0 Å². The second kappa shape index (κ2) is 9.97. The van der Waals surface area contributed by atoms with Gasteiger partial charge in [0.25, 0.3) is 11.1 Å². The van der Waals surface area contributed by atoms with Crippen molar-refractivity contribution >= 4 is 57.5 Å². The lowest BCUT2D eigenvalue weighted by molar-refractivity contribution is -0.149. The zero-order valence-electron chi connectivity index (χ0n) is 15.7. The fraction of sp³-hybridized carbons (Fsp3) is 0.316. The van der Waals surface area contributed by atoms with Gasteiger partial charge in [0.1, 0.15) is 13.2 Å². The summed E-state index contributed by atoms with van der Waals surface area (Å²) in [5.74, 6) is -0.0837. The van der Waals surface area contributed by atoms with Gasteiger partial charge in [0, 0.05) is 0 Å². The van der Waals surface area contributed by atoms with Crippen LogP contribution in [0.4, 0.5) is 4.79 Å². The second-order valence-electron chi connectivity index (χ2n) is 5.94. The third kappa shape index (κ3) is 5.51. The highest BCUT2D eigenvalue weighted by molar-refractivity contribution is 14.1. The number of amides is 2. The molecule has 1 fully saturated rings. The second-order valence-corrected chi connectivity index (χ2v) is 8.10. The average molecular weight is 517 g/mol. The Morgan fingerprint density at radius 2 is 2.07 bits per heavy atom. The fourth-order valence-electron chi connectivity index (χ4n) is 2.32. The van der Waals surface area contributed by atoms with Gasteiger partial charge in [0.05, 0.1) is 21.7 Å². The van der Waals surface area contributed by atoms with E-state index in [2.05, 4.69) is 29.2 Å². The van der Waals surface area contributed by atoms with E-state index in [9.17, 15) is 14.4 Å². The van der Waals surface area contributed by atoms with E-state index in [1.165, 1.54) is 7.11 Å². The molecular formula is C19H20INO6S. The zero-order chi connectivity index (χ0) is 20.8. The van der Waals surface area contributed by atoms with E-state index in [0.717, 1.165) is 20.2 Å². The first-order valence-electron chi connectivity index (χ1n) is 8.32. The van der Waals surface area contributed by atoms with Crippen molar-refractivity contribution in [2.24, 2.45) is 0 Å². The molecule has 1 saturated heterocycles. The third-order valence-electron chi connectivity index (χ3n) is 3.42. The fourth-order valence-corrected chi connectivity index (χ4v) is 3.94. The predicted molar refractivity (Wildman–Crippen MR) is 115 cm³/mol. The van der Waals surface area contributed by atoms with Crippen molar-refractivity contribution in [3.63, 3.8) is 0 Å². The van der Waals surface area contributed by atoms with Gasteiger partial charge in [0.2, 0.25) is 0 Å². The average Bonchev–Trinajstić information content (AvgIpc) is 2.87. The van der Waals surface area contributed by atoms with Crippen LogP contribution in [0.1, 0.15) is 19.4 Å². The topological polar surface area (TPSA) is 82.1 Å². The van der Waals surface area contributed by atoms with Gasteiger partial charge in [0.15, 0.2) is 11.5 Å². The van der Waals surface area contributed by atoms with Gasteiger partial charge in [-0.2, -0.15) is 0 Å². The first kappa shape index (κ1) is 22.3. The summed E-state index contributed by atoms with van der Waals surface area (Å²) in [7, 11) is 1.52. The van der Waals surface area contributed by atoms with Crippen LogP contribution >= 0.6 is 34.4 Å². The van der Waals surface area contributed by atoms with E-state index in [1.54, 1.807) is 32.1 Å². The number of rotatable bonds is 8. The van der Waals surface area contributed by atoms with Crippen molar-refractivity contribution in [2.75, 3.05) is 20.3 Å².